The Balaban J connectivity index is 2.87. The molecule has 14 nitrogen and oxygen atoms in total. The van der Waals surface area contributed by atoms with Crippen LogP contribution in [0.25, 0.3) is 0 Å². The molecule has 2 rings (SSSR count). The number of carbonyl (C=O) groups excluding carboxylic acids is 4. The van der Waals surface area contributed by atoms with Crippen LogP contribution in [0.4, 0.5) is 0 Å². The summed E-state index contributed by atoms with van der Waals surface area (Å²) in [5.41, 5.74) is -8.33. The molecule has 48 heavy (non-hydrogen) atoms. The van der Waals surface area contributed by atoms with E-state index in [9.17, 15) is 49.5 Å². The molecule has 9 atom stereocenters. The molecule has 5 N–H and O–H groups in total. The van der Waals surface area contributed by atoms with Gasteiger partial charge in [-0.3, -0.25) is 14.4 Å². The van der Waals surface area contributed by atoms with Gasteiger partial charge in [0.25, 0.3) is 0 Å². The first-order chi connectivity index (χ1) is 22.2. The Morgan fingerprint density at radius 2 is 1.62 bits per heavy atom. The van der Waals surface area contributed by atoms with Crippen molar-refractivity contribution in [2.45, 2.75) is 154 Å². The van der Waals surface area contributed by atoms with Gasteiger partial charge in [0, 0.05) is 31.8 Å². The zero-order chi connectivity index (χ0) is 36.8. The predicted octanol–water partition coefficient (Wildman–Crippen LogP) is 2.42. The molecule has 0 aromatic rings. The number of hydrogen-bond acceptors (Lipinski definition) is 13. The lowest BCUT2D eigenvalue weighted by Crippen LogP contribution is -2.70. The van der Waals surface area contributed by atoms with Crippen molar-refractivity contribution in [3.63, 3.8) is 0 Å². The monoisotopic (exact) mass is 684 g/mol. The fourth-order valence-electron chi connectivity index (χ4n) is 6.56. The highest BCUT2D eigenvalue weighted by Gasteiger charge is 2.71. The first-order valence-electron chi connectivity index (χ1n) is 16.4. The summed E-state index contributed by atoms with van der Waals surface area (Å²) in [6.07, 6.45) is -5.31. The molecule has 0 bridgehead atoms. The number of rotatable bonds is 15. The van der Waals surface area contributed by atoms with Crippen LogP contribution in [-0.2, 0) is 42.9 Å². The van der Waals surface area contributed by atoms with E-state index in [0.29, 0.717) is 12.8 Å². The van der Waals surface area contributed by atoms with E-state index in [1.807, 2.05) is 6.92 Å². The van der Waals surface area contributed by atoms with E-state index in [2.05, 4.69) is 0 Å². The first kappa shape index (κ1) is 40.8. The summed E-state index contributed by atoms with van der Waals surface area (Å²) >= 11 is 0. The van der Waals surface area contributed by atoms with Gasteiger partial charge in [0.15, 0.2) is 23.4 Å². The Hall–Kier alpha value is -3.33. The largest absolute Gasteiger partial charge is 0.479 e. The van der Waals surface area contributed by atoms with E-state index >= 15 is 0 Å². The number of fused-ring (bicyclic) bond motifs is 1. The van der Waals surface area contributed by atoms with Crippen LogP contribution in [-0.4, -0.2) is 103 Å². The van der Waals surface area contributed by atoms with Crippen LogP contribution < -0.4 is 0 Å². The van der Waals surface area contributed by atoms with E-state index in [-0.39, 0.29) is 36.0 Å². The third-order valence-corrected chi connectivity index (χ3v) is 9.43. The molecule has 272 valence electrons. The number of aliphatic hydroxyl groups is 4. The van der Waals surface area contributed by atoms with Gasteiger partial charge < -0.3 is 44.5 Å². The molecule has 0 spiro atoms. The summed E-state index contributed by atoms with van der Waals surface area (Å²) in [5, 5.41) is 56.0. The van der Waals surface area contributed by atoms with Crippen molar-refractivity contribution in [1.29, 1.82) is 0 Å². The zero-order valence-corrected chi connectivity index (χ0v) is 29.1. The highest BCUT2D eigenvalue weighted by molar-refractivity contribution is 5.88. The van der Waals surface area contributed by atoms with Crippen molar-refractivity contribution < 1.29 is 68.5 Å². The standard InChI is InChI=1S/C34H52O14/c1-9-12-14-21(36)15-16-24(38)46-28-26-25(19(5)27(28)47-30(40)18(4)11-3)29(39)34(44,33(8,43)31(41)42)22(45-23(37)13-10-2)17-32(26,7)48-20(6)35/h11,21-22,26-29,36,39,43-44H,9-10,12-17H2,1-8H3,(H,41,42)/b18-11-/t21-,22-,26+,27-,28-,29-,32-,33+,34+/m0/s1. The Bertz CT molecular complexity index is 1280. The normalized spacial score (nSPS) is 30.8. The fourth-order valence-corrected chi connectivity index (χ4v) is 6.56. The molecule has 1 fully saturated rings. The summed E-state index contributed by atoms with van der Waals surface area (Å²) in [6, 6.07) is 0. The van der Waals surface area contributed by atoms with Crippen LogP contribution in [0.15, 0.2) is 22.8 Å². The Kier molecular flexibility index (Phi) is 13.9. The highest BCUT2D eigenvalue weighted by Crippen LogP contribution is 2.54. The molecule has 2 aliphatic carbocycles. The molecule has 0 unspecified atom stereocenters. The Morgan fingerprint density at radius 3 is 2.15 bits per heavy atom. The molecule has 0 aromatic heterocycles. The molecule has 0 radical (unpaired) electrons. The topological polar surface area (TPSA) is 223 Å². The highest BCUT2D eigenvalue weighted by atomic mass is 16.6. The lowest BCUT2D eigenvalue weighted by molar-refractivity contribution is -0.247. The second-order valence-corrected chi connectivity index (χ2v) is 13.1. The van der Waals surface area contributed by atoms with E-state index < -0.39 is 89.5 Å². The summed E-state index contributed by atoms with van der Waals surface area (Å²) in [4.78, 5) is 64.3. The maximum Gasteiger partial charge on any atom is 0.338 e. The number of allylic oxidation sites excluding steroid dienone is 1. The number of aliphatic hydroxyl groups excluding tert-OH is 2. The maximum absolute atomic E-state index is 13.3. The van der Waals surface area contributed by atoms with Gasteiger partial charge in [-0.15, -0.1) is 0 Å². The van der Waals surface area contributed by atoms with Crippen molar-refractivity contribution in [2.24, 2.45) is 5.92 Å². The Morgan fingerprint density at radius 1 is 1.02 bits per heavy atom. The van der Waals surface area contributed by atoms with Gasteiger partial charge in [0.1, 0.15) is 17.8 Å². The maximum atomic E-state index is 13.3. The van der Waals surface area contributed by atoms with Gasteiger partial charge >= 0.3 is 29.8 Å². The number of aliphatic carboxylic acids is 1. The minimum absolute atomic E-state index is 0.0176. The number of unbranched alkanes of at least 4 members (excludes halogenated alkanes) is 1. The Labute approximate surface area is 281 Å². The average Bonchev–Trinajstić information content (AvgIpc) is 3.23. The minimum Gasteiger partial charge on any atom is -0.479 e. The smallest absolute Gasteiger partial charge is 0.338 e. The average molecular weight is 685 g/mol. The van der Waals surface area contributed by atoms with E-state index in [1.165, 1.54) is 26.8 Å². The van der Waals surface area contributed by atoms with Crippen LogP contribution >= 0.6 is 0 Å². The van der Waals surface area contributed by atoms with Crippen LogP contribution in [0, 0.1) is 5.92 Å². The number of hydrogen-bond donors (Lipinski definition) is 5. The summed E-state index contributed by atoms with van der Waals surface area (Å²) in [6.45, 7) is 11.2. The molecule has 0 amide bonds. The predicted molar refractivity (Wildman–Crippen MR) is 169 cm³/mol. The minimum atomic E-state index is -3.18. The van der Waals surface area contributed by atoms with Crippen LogP contribution in [0.5, 0.6) is 0 Å². The van der Waals surface area contributed by atoms with E-state index in [0.717, 1.165) is 26.7 Å². The molecular formula is C34H52O14. The number of carboxylic acid groups (broad SMARTS) is 1. The molecule has 0 saturated heterocycles. The summed E-state index contributed by atoms with van der Waals surface area (Å²) in [7, 11) is 0. The second kappa shape index (κ2) is 16.4. The van der Waals surface area contributed by atoms with E-state index in [4.69, 9.17) is 18.9 Å². The first-order valence-corrected chi connectivity index (χ1v) is 16.4. The van der Waals surface area contributed by atoms with Crippen molar-refractivity contribution in [3.05, 3.63) is 22.8 Å². The lowest BCUT2D eigenvalue weighted by Gasteiger charge is -2.45. The fraction of sp³-hybridized carbons (Fsp3) is 0.735. The zero-order valence-electron chi connectivity index (χ0n) is 29.1. The van der Waals surface area contributed by atoms with E-state index in [1.54, 1.807) is 13.8 Å². The van der Waals surface area contributed by atoms with Gasteiger partial charge in [-0.1, -0.05) is 32.8 Å². The van der Waals surface area contributed by atoms with Crippen LogP contribution in [0.3, 0.4) is 0 Å². The second-order valence-electron chi connectivity index (χ2n) is 13.1. The SMILES string of the molecule is C/C=C(/C)C(=O)O[C@H]1C(C)=C2[C@H]([C@@H]1OC(=O)CC[C@@H](O)CCCC)[C@@](C)(OC(C)=O)C[C@H](OC(=O)CCC)[C@](O)([C@](C)(O)C(=O)O)[C@H]2O. The summed E-state index contributed by atoms with van der Waals surface area (Å²) in [5.74, 6) is -6.79. The van der Waals surface area contributed by atoms with Gasteiger partial charge in [0.2, 0.25) is 0 Å². The lowest BCUT2D eigenvalue weighted by atomic mass is 9.73. The molecule has 14 heteroatoms. The van der Waals surface area contributed by atoms with Crippen molar-refractivity contribution in [2.75, 3.05) is 0 Å². The van der Waals surface area contributed by atoms with Crippen molar-refractivity contribution in [1.82, 2.24) is 0 Å². The quantitative estimate of drug-likeness (QED) is 0.0723. The van der Waals surface area contributed by atoms with Gasteiger partial charge in [-0.25, -0.2) is 9.59 Å². The number of carboxylic acids is 1. The van der Waals surface area contributed by atoms with Gasteiger partial charge in [-0.05, 0) is 65.0 Å². The van der Waals surface area contributed by atoms with Gasteiger partial charge in [-0.2, -0.15) is 0 Å². The number of esters is 4. The molecule has 0 aliphatic heterocycles. The van der Waals surface area contributed by atoms with Crippen molar-refractivity contribution in [3.8, 4) is 0 Å². The number of carbonyl (C=O) groups is 5. The third kappa shape index (κ3) is 8.44. The molecule has 0 aromatic carbocycles. The summed E-state index contributed by atoms with van der Waals surface area (Å²) < 4.78 is 23.0. The molecule has 1 saturated carbocycles. The number of ether oxygens (including phenoxy) is 4. The van der Waals surface area contributed by atoms with Gasteiger partial charge in [0.05, 0.1) is 12.0 Å². The van der Waals surface area contributed by atoms with Crippen LogP contribution in [0.2, 0.25) is 0 Å². The third-order valence-electron chi connectivity index (χ3n) is 9.43. The molecule has 0 heterocycles. The van der Waals surface area contributed by atoms with Crippen molar-refractivity contribution >= 4 is 29.8 Å². The molecular weight excluding hydrogens is 632 g/mol. The van der Waals surface area contributed by atoms with Crippen LogP contribution in [0.1, 0.15) is 107 Å². The molecule has 2 aliphatic rings.